The molecule has 1 unspecified atom stereocenters. The lowest BCUT2D eigenvalue weighted by Crippen LogP contribution is -2.55. The van der Waals surface area contributed by atoms with E-state index in [0.29, 0.717) is 11.6 Å². The molecule has 0 spiro atoms. The van der Waals surface area contributed by atoms with Gasteiger partial charge in [-0.1, -0.05) is 30.3 Å². The van der Waals surface area contributed by atoms with Crippen molar-refractivity contribution < 1.29 is 44.6 Å². The topological polar surface area (TPSA) is 65.1 Å². The van der Waals surface area contributed by atoms with E-state index in [1.54, 1.807) is 30.3 Å². The minimum Gasteiger partial charge on any atom is -0.495 e. The number of benzene rings is 3. The number of ether oxygens (including phenoxy) is 3. The van der Waals surface area contributed by atoms with Crippen LogP contribution < -0.4 is 14.2 Å². The normalized spacial score (nSPS) is 16.3. The van der Waals surface area contributed by atoms with E-state index in [2.05, 4.69) is 0 Å². The van der Waals surface area contributed by atoms with Crippen LogP contribution in [0.15, 0.2) is 65.6 Å². The number of methoxy groups -OCH3 is 1. The Labute approximate surface area is 222 Å². The molecule has 0 aliphatic carbocycles. The number of likely N-dealkylation sites (tertiary alicyclic amines) is 1. The Morgan fingerprint density at radius 3 is 2.18 bits per heavy atom. The van der Waals surface area contributed by atoms with Gasteiger partial charge in [0, 0.05) is 25.4 Å². The maximum atomic E-state index is 14.1. The molecule has 1 fully saturated rings. The second-order valence-electron chi connectivity index (χ2n) is 9.16. The molecule has 2 atom stereocenters. The van der Waals surface area contributed by atoms with Gasteiger partial charge < -0.3 is 14.2 Å². The third-order valence-electron chi connectivity index (χ3n) is 6.31. The van der Waals surface area contributed by atoms with E-state index in [9.17, 15) is 30.4 Å². The Morgan fingerprint density at radius 2 is 1.62 bits per heavy atom. The number of halogens is 5. The van der Waals surface area contributed by atoms with Crippen molar-refractivity contribution in [3.63, 3.8) is 0 Å². The van der Waals surface area contributed by atoms with Crippen molar-refractivity contribution in [2.45, 2.75) is 36.2 Å². The van der Waals surface area contributed by atoms with Gasteiger partial charge >= 0.3 is 6.18 Å². The van der Waals surface area contributed by atoms with E-state index in [-0.39, 0.29) is 40.8 Å². The fraction of sp³-hybridized carbons (Fsp3) is 0.333. The molecule has 3 aromatic rings. The van der Waals surface area contributed by atoms with Gasteiger partial charge in [0.15, 0.2) is 27.5 Å². The summed E-state index contributed by atoms with van der Waals surface area (Å²) in [6.45, 7) is 1.23. The Kier molecular flexibility index (Phi) is 8.08. The monoisotopic (exact) mass is 571 g/mol. The van der Waals surface area contributed by atoms with Gasteiger partial charge in [-0.2, -0.15) is 13.2 Å². The first-order valence-electron chi connectivity index (χ1n) is 11.8. The molecular weight excluding hydrogens is 545 g/mol. The highest BCUT2D eigenvalue weighted by Gasteiger charge is 2.42. The summed E-state index contributed by atoms with van der Waals surface area (Å²) >= 11 is 0. The molecule has 4 rings (SSSR count). The molecule has 0 aromatic heterocycles. The first-order chi connectivity index (χ1) is 18.3. The number of nitrogens with zero attached hydrogens (tertiary/aromatic N) is 1. The molecule has 6 nitrogen and oxygen atoms in total. The van der Waals surface area contributed by atoms with Crippen molar-refractivity contribution >= 4 is 9.84 Å². The summed E-state index contributed by atoms with van der Waals surface area (Å²) < 4.78 is 109. The van der Waals surface area contributed by atoms with Crippen LogP contribution in [-0.4, -0.2) is 58.2 Å². The maximum Gasteiger partial charge on any atom is 0.425 e. The Hall–Kier alpha value is -3.38. The van der Waals surface area contributed by atoms with E-state index in [4.69, 9.17) is 14.2 Å². The fourth-order valence-electron chi connectivity index (χ4n) is 4.38. The van der Waals surface area contributed by atoms with Crippen LogP contribution >= 0.6 is 0 Å². The van der Waals surface area contributed by atoms with Crippen LogP contribution in [0.25, 0.3) is 0 Å². The summed E-state index contributed by atoms with van der Waals surface area (Å²) in [5.74, 6) is -2.11. The first-order valence-corrected chi connectivity index (χ1v) is 13.7. The van der Waals surface area contributed by atoms with E-state index in [1.165, 1.54) is 19.2 Å². The van der Waals surface area contributed by atoms with Crippen molar-refractivity contribution in [1.82, 2.24) is 4.90 Å². The highest BCUT2D eigenvalue weighted by atomic mass is 32.2. The van der Waals surface area contributed by atoms with Gasteiger partial charge in [0.2, 0.25) is 0 Å². The second kappa shape index (κ2) is 11.0. The molecule has 0 amide bonds. The minimum absolute atomic E-state index is 0.0918. The van der Waals surface area contributed by atoms with Crippen molar-refractivity contribution in [2.75, 3.05) is 26.5 Å². The number of sulfone groups is 1. The lowest BCUT2D eigenvalue weighted by molar-refractivity contribution is -0.189. The second-order valence-corrected chi connectivity index (χ2v) is 11.1. The van der Waals surface area contributed by atoms with Gasteiger partial charge in [-0.25, -0.2) is 17.2 Å². The average Bonchev–Trinajstić information content (AvgIpc) is 2.83. The molecule has 12 heteroatoms. The van der Waals surface area contributed by atoms with Gasteiger partial charge in [-0.15, -0.1) is 0 Å². The lowest BCUT2D eigenvalue weighted by Gasteiger charge is -2.45. The molecule has 39 heavy (non-hydrogen) atoms. The smallest absolute Gasteiger partial charge is 0.425 e. The quantitative estimate of drug-likeness (QED) is 0.314. The molecule has 1 aliphatic heterocycles. The Morgan fingerprint density at radius 1 is 0.974 bits per heavy atom. The predicted octanol–water partition coefficient (Wildman–Crippen LogP) is 5.56. The molecule has 3 aromatic carbocycles. The minimum atomic E-state index is -4.68. The first kappa shape index (κ1) is 28.6. The lowest BCUT2D eigenvalue weighted by atomic mass is 9.92. The zero-order valence-electron chi connectivity index (χ0n) is 21.2. The van der Waals surface area contributed by atoms with Crippen LogP contribution in [0.2, 0.25) is 0 Å². The van der Waals surface area contributed by atoms with Crippen LogP contribution in [0.3, 0.4) is 0 Å². The SMILES string of the molecule is COc1c(S(C)(=O)=O)ccc(O[C@@H](C)C(F)(F)F)c1C(c1ccccc1)N1CC(Oc2ccc(F)cc2F)C1. The molecular formula is C27H26F5NO5S. The van der Waals surface area contributed by atoms with Gasteiger partial charge in [0.25, 0.3) is 0 Å². The highest BCUT2D eigenvalue weighted by molar-refractivity contribution is 7.90. The van der Waals surface area contributed by atoms with Crippen LogP contribution in [0.1, 0.15) is 24.1 Å². The molecule has 1 aliphatic rings. The van der Waals surface area contributed by atoms with Gasteiger partial charge in [-0.05, 0) is 36.8 Å². The molecule has 0 bridgehead atoms. The Balaban J connectivity index is 1.78. The maximum absolute atomic E-state index is 14.1. The third kappa shape index (κ3) is 6.27. The summed E-state index contributed by atoms with van der Waals surface area (Å²) in [7, 11) is -2.62. The number of alkyl halides is 3. The summed E-state index contributed by atoms with van der Waals surface area (Å²) in [6, 6.07) is 13.2. The van der Waals surface area contributed by atoms with E-state index >= 15 is 0 Å². The van der Waals surface area contributed by atoms with Gasteiger partial charge in [-0.3, -0.25) is 4.90 Å². The van der Waals surface area contributed by atoms with Crippen LogP contribution in [0.4, 0.5) is 22.0 Å². The zero-order valence-corrected chi connectivity index (χ0v) is 22.0. The fourth-order valence-corrected chi connectivity index (χ4v) is 5.23. The molecule has 0 N–H and O–H groups in total. The summed E-state index contributed by atoms with van der Waals surface area (Å²) in [4.78, 5) is 1.60. The summed E-state index contributed by atoms with van der Waals surface area (Å²) in [5, 5.41) is 0. The number of hydrogen-bond donors (Lipinski definition) is 0. The van der Waals surface area contributed by atoms with Crippen molar-refractivity contribution in [2.24, 2.45) is 0 Å². The standard InChI is InChI=1S/C27H26F5NO5S/c1-16(27(30,31)32)37-22-11-12-23(39(3,34)35)26(36-2)24(22)25(17-7-5-4-6-8-17)33-14-19(15-33)38-21-10-9-18(28)13-20(21)29/h4-13,16,19,25H,14-15H2,1-3H3/t16-,25?/m0/s1. The van der Waals surface area contributed by atoms with Crippen LogP contribution in [-0.2, 0) is 9.84 Å². The van der Waals surface area contributed by atoms with Gasteiger partial charge in [0.05, 0.1) is 18.7 Å². The predicted molar refractivity (Wildman–Crippen MR) is 133 cm³/mol. The highest BCUT2D eigenvalue weighted by Crippen LogP contribution is 2.46. The van der Waals surface area contributed by atoms with E-state index in [1.807, 2.05) is 4.90 Å². The van der Waals surface area contributed by atoms with Crippen molar-refractivity contribution in [1.29, 1.82) is 0 Å². The van der Waals surface area contributed by atoms with Crippen molar-refractivity contribution in [3.05, 3.63) is 83.4 Å². The van der Waals surface area contributed by atoms with E-state index < -0.39 is 45.9 Å². The molecule has 0 radical (unpaired) electrons. The molecule has 1 saturated heterocycles. The average molecular weight is 572 g/mol. The zero-order chi connectivity index (χ0) is 28.5. The van der Waals surface area contributed by atoms with Crippen LogP contribution in [0.5, 0.6) is 17.2 Å². The largest absolute Gasteiger partial charge is 0.495 e. The molecule has 0 saturated carbocycles. The van der Waals surface area contributed by atoms with E-state index in [0.717, 1.165) is 25.3 Å². The number of rotatable bonds is 9. The molecule has 210 valence electrons. The third-order valence-corrected chi connectivity index (χ3v) is 7.43. The number of hydrogen-bond acceptors (Lipinski definition) is 6. The van der Waals surface area contributed by atoms with Crippen molar-refractivity contribution in [3.8, 4) is 17.2 Å². The Bertz CT molecular complexity index is 1430. The van der Waals surface area contributed by atoms with Crippen LogP contribution in [0, 0.1) is 11.6 Å². The van der Waals surface area contributed by atoms with Gasteiger partial charge in [0.1, 0.15) is 28.3 Å². The summed E-state index contributed by atoms with van der Waals surface area (Å²) in [5.41, 5.74) is 0.714. The summed E-state index contributed by atoms with van der Waals surface area (Å²) in [6.07, 6.45) is -6.44. The molecule has 1 heterocycles.